The number of anilines is 1. The summed E-state index contributed by atoms with van der Waals surface area (Å²) in [6.45, 7) is 4.70. The van der Waals surface area contributed by atoms with Gasteiger partial charge in [-0.25, -0.2) is 9.18 Å². The summed E-state index contributed by atoms with van der Waals surface area (Å²) in [5, 5.41) is 12.7. The van der Waals surface area contributed by atoms with Crippen molar-refractivity contribution in [2.45, 2.75) is 26.9 Å². The summed E-state index contributed by atoms with van der Waals surface area (Å²) in [6, 6.07) is 10.3. The maximum absolute atomic E-state index is 14.2. The highest BCUT2D eigenvalue weighted by Gasteiger charge is 2.28. The molecule has 0 bridgehead atoms. The lowest BCUT2D eigenvalue weighted by molar-refractivity contribution is -0.108. The number of carboxylic acid groups (broad SMARTS) is 1. The van der Waals surface area contributed by atoms with Crippen LogP contribution in [0.15, 0.2) is 36.4 Å². The van der Waals surface area contributed by atoms with E-state index in [0.29, 0.717) is 24.0 Å². The second-order valence-electron chi connectivity index (χ2n) is 6.03. The van der Waals surface area contributed by atoms with Crippen LogP contribution >= 0.6 is 0 Å². The molecule has 0 atom stereocenters. The lowest BCUT2D eigenvalue weighted by Gasteiger charge is -2.13. The molecule has 2 aromatic carbocycles. The molecule has 3 rings (SSSR count). The molecule has 0 aliphatic carbocycles. The number of aldehydes is 1. The molecule has 0 spiro atoms. The van der Waals surface area contributed by atoms with Crippen molar-refractivity contribution >= 4 is 24.0 Å². The first kappa shape index (κ1) is 25.4. The Morgan fingerprint density at radius 2 is 1.90 bits per heavy atom. The SMILES string of the molecule is CC.CNC(=O)O.COc1cccc(CNc2cccc3c2CN(CC=O)C3=O)c1F. The first-order valence-corrected chi connectivity index (χ1v) is 9.73. The number of nitrogens with one attached hydrogen (secondary N) is 2. The molecule has 0 unspecified atom stereocenters. The van der Waals surface area contributed by atoms with Gasteiger partial charge in [-0.3, -0.25) is 4.79 Å². The molecule has 0 radical (unpaired) electrons. The van der Waals surface area contributed by atoms with E-state index in [-0.39, 0.29) is 24.7 Å². The number of amides is 2. The third kappa shape index (κ3) is 6.70. The Bertz CT molecular complexity index is 905. The predicted molar refractivity (Wildman–Crippen MR) is 116 cm³/mol. The van der Waals surface area contributed by atoms with Gasteiger partial charge in [0.15, 0.2) is 11.6 Å². The summed E-state index contributed by atoms with van der Waals surface area (Å²) in [5.74, 6) is -0.369. The number of hydrogen-bond acceptors (Lipinski definition) is 5. The summed E-state index contributed by atoms with van der Waals surface area (Å²) in [5.41, 5.74) is 2.64. The summed E-state index contributed by atoms with van der Waals surface area (Å²) < 4.78 is 19.2. The van der Waals surface area contributed by atoms with Crippen LogP contribution in [0.4, 0.5) is 14.9 Å². The van der Waals surface area contributed by atoms with E-state index in [2.05, 4.69) is 5.32 Å². The number of carbonyl (C=O) groups is 3. The van der Waals surface area contributed by atoms with Crippen LogP contribution in [0.1, 0.15) is 35.3 Å². The van der Waals surface area contributed by atoms with Gasteiger partial charge in [0.05, 0.1) is 13.7 Å². The van der Waals surface area contributed by atoms with Crippen LogP contribution in [-0.2, 0) is 17.9 Å². The molecule has 1 aliphatic heterocycles. The van der Waals surface area contributed by atoms with Crippen molar-refractivity contribution in [1.29, 1.82) is 0 Å². The predicted octanol–water partition coefficient (Wildman–Crippen LogP) is 3.51. The minimum absolute atomic E-state index is 0.0669. The van der Waals surface area contributed by atoms with Gasteiger partial charge in [-0.05, 0) is 18.2 Å². The lowest BCUT2D eigenvalue weighted by Crippen LogP contribution is -2.25. The summed E-state index contributed by atoms with van der Waals surface area (Å²) in [7, 11) is 2.77. The highest BCUT2D eigenvalue weighted by molar-refractivity contribution is 6.00. The molecule has 1 heterocycles. The third-order valence-corrected chi connectivity index (χ3v) is 4.28. The Kier molecular flexibility index (Phi) is 10.5. The van der Waals surface area contributed by atoms with E-state index in [0.717, 1.165) is 11.3 Å². The van der Waals surface area contributed by atoms with Crippen LogP contribution < -0.4 is 15.4 Å². The fourth-order valence-electron chi connectivity index (χ4n) is 2.83. The first-order chi connectivity index (χ1) is 14.9. The molecular weight excluding hydrogens is 405 g/mol. The van der Waals surface area contributed by atoms with E-state index < -0.39 is 11.9 Å². The Labute approximate surface area is 181 Å². The quantitative estimate of drug-likeness (QED) is 0.602. The Morgan fingerprint density at radius 3 is 2.48 bits per heavy atom. The van der Waals surface area contributed by atoms with Gasteiger partial charge in [-0.1, -0.05) is 32.0 Å². The van der Waals surface area contributed by atoms with Gasteiger partial charge in [0.25, 0.3) is 5.91 Å². The highest BCUT2D eigenvalue weighted by atomic mass is 19.1. The van der Waals surface area contributed by atoms with Gasteiger partial charge in [0.2, 0.25) is 0 Å². The second kappa shape index (κ2) is 12.8. The Morgan fingerprint density at radius 1 is 1.26 bits per heavy atom. The molecule has 1 aliphatic rings. The van der Waals surface area contributed by atoms with Crippen molar-refractivity contribution in [1.82, 2.24) is 10.2 Å². The molecule has 3 N–H and O–H groups in total. The second-order valence-corrected chi connectivity index (χ2v) is 6.03. The van der Waals surface area contributed by atoms with E-state index in [1.165, 1.54) is 19.1 Å². The Balaban J connectivity index is 0.000000605. The van der Waals surface area contributed by atoms with E-state index in [1.54, 1.807) is 30.3 Å². The minimum Gasteiger partial charge on any atom is -0.494 e. The number of halogens is 1. The maximum Gasteiger partial charge on any atom is 0.404 e. The molecule has 2 amide bonds. The van der Waals surface area contributed by atoms with Crippen molar-refractivity contribution in [2.75, 3.05) is 26.0 Å². The number of hydrogen-bond donors (Lipinski definition) is 3. The number of carbonyl (C=O) groups excluding carboxylic acids is 2. The van der Waals surface area contributed by atoms with Crippen molar-refractivity contribution in [3.8, 4) is 5.75 Å². The topological polar surface area (TPSA) is 108 Å². The van der Waals surface area contributed by atoms with Gasteiger partial charge in [-0.2, -0.15) is 0 Å². The third-order valence-electron chi connectivity index (χ3n) is 4.28. The van der Waals surface area contributed by atoms with E-state index in [9.17, 15) is 18.8 Å². The van der Waals surface area contributed by atoms with Crippen molar-refractivity contribution in [3.63, 3.8) is 0 Å². The molecule has 9 heteroatoms. The van der Waals surface area contributed by atoms with E-state index in [4.69, 9.17) is 9.84 Å². The molecule has 8 nitrogen and oxygen atoms in total. The minimum atomic E-state index is -0.995. The van der Waals surface area contributed by atoms with Crippen LogP contribution in [0, 0.1) is 5.82 Å². The first-order valence-electron chi connectivity index (χ1n) is 9.73. The zero-order valence-corrected chi connectivity index (χ0v) is 18.1. The molecule has 0 fully saturated rings. The van der Waals surface area contributed by atoms with E-state index >= 15 is 0 Å². The van der Waals surface area contributed by atoms with Crippen LogP contribution in [-0.4, -0.2) is 49.0 Å². The van der Waals surface area contributed by atoms with Gasteiger partial charge in [0.1, 0.15) is 6.29 Å². The smallest absolute Gasteiger partial charge is 0.404 e. The summed E-state index contributed by atoms with van der Waals surface area (Å²) >= 11 is 0. The average Bonchev–Trinajstić information content (AvgIpc) is 3.11. The normalized spacial score (nSPS) is 11.3. The van der Waals surface area contributed by atoms with Crippen LogP contribution in [0.3, 0.4) is 0 Å². The molecule has 0 saturated carbocycles. The van der Waals surface area contributed by atoms with Crippen molar-refractivity contribution in [3.05, 3.63) is 58.9 Å². The zero-order chi connectivity index (χ0) is 23.4. The number of rotatable bonds is 6. The number of nitrogens with zero attached hydrogens (tertiary/aromatic N) is 1. The zero-order valence-electron chi connectivity index (χ0n) is 18.1. The van der Waals surface area contributed by atoms with Crippen molar-refractivity contribution in [2.24, 2.45) is 0 Å². The van der Waals surface area contributed by atoms with Gasteiger partial charge < -0.3 is 30.2 Å². The van der Waals surface area contributed by atoms with Gasteiger partial charge in [-0.15, -0.1) is 0 Å². The molecular formula is C22H28FN3O5. The standard InChI is InChI=1S/C18H17FN2O3.C2H5NO2.C2H6/c1-24-16-7-2-4-12(17(16)19)10-20-15-6-3-5-13-14(15)11-21(8-9-22)18(13)23;1-3-2(4)5;1-2/h2-7,9,20H,8,10-11H2,1H3;3H,1H3,(H,4,5);1-2H3. The number of methoxy groups -OCH3 is 1. The monoisotopic (exact) mass is 433 g/mol. The molecule has 168 valence electrons. The highest BCUT2D eigenvalue weighted by Crippen LogP contribution is 2.30. The summed E-state index contributed by atoms with van der Waals surface area (Å²) in [6.07, 6.45) is -0.285. The van der Waals surface area contributed by atoms with Crippen LogP contribution in [0.25, 0.3) is 0 Å². The summed E-state index contributed by atoms with van der Waals surface area (Å²) in [4.78, 5) is 33.6. The maximum atomic E-state index is 14.2. The number of fused-ring (bicyclic) bond motifs is 1. The average molecular weight is 433 g/mol. The molecule has 0 aromatic heterocycles. The van der Waals surface area contributed by atoms with Crippen LogP contribution in [0.5, 0.6) is 5.75 Å². The number of benzene rings is 2. The fraction of sp³-hybridized carbons (Fsp3) is 0.318. The van der Waals surface area contributed by atoms with Crippen molar-refractivity contribution < 1.29 is 28.6 Å². The fourth-order valence-corrected chi connectivity index (χ4v) is 2.83. The Hall–Kier alpha value is -3.62. The molecule has 0 saturated heterocycles. The van der Waals surface area contributed by atoms with Gasteiger partial charge >= 0.3 is 6.09 Å². The largest absolute Gasteiger partial charge is 0.494 e. The van der Waals surface area contributed by atoms with E-state index in [1.807, 2.05) is 25.2 Å². The molecule has 2 aromatic rings. The van der Waals surface area contributed by atoms with Crippen LogP contribution in [0.2, 0.25) is 0 Å². The van der Waals surface area contributed by atoms with Gasteiger partial charge in [0, 0.05) is 42.5 Å². The lowest BCUT2D eigenvalue weighted by atomic mass is 10.1. The molecule has 31 heavy (non-hydrogen) atoms. The number of ether oxygens (including phenoxy) is 1.